The highest BCUT2D eigenvalue weighted by Crippen LogP contribution is 2.28. The standard InChI is InChI=1S/C17H15ClN2OS3/c1-20(8-13-6-7-16(18)24-13)17(21)14-4-2-3-5-15(14)23-10-12-9-22-11-19-12/h2-7,9,11H,8,10H2,1H3. The van der Waals surface area contributed by atoms with Crippen molar-refractivity contribution in [3.05, 3.63) is 67.8 Å². The molecule has 7 heteroatoms. The maximum absolute atomic E-state index is 12.8. The Morgan fingerprint density at radius 1 is 1.29 bits per heavy atom. The average Bonchev–Trinajstić information content (AvgIpc) is 3.24. The van der Waals surface area contributed by atoms with Gasteiger partial charge >= 0.3 is 0 Å². The molecule has 2 heterocycles. The Labute approximate surface area is 158 Å². The SMILES string of the molecule is CN(Cc1ccc(Cl)s1)C(=O)c1ccccc1SCc1cscn1. The molecule has 0 aliphatic carbocycles. The van der Waals surface area contributed by atoms with E-state index in [4.69, 9.17) is 11.6 Å². The summed E-state index contributed by atoms with van der Waals surface area (Å²) in [5.74, 6) is 0.777. The van der Waals surface area contributed by atoms with Gasteiger partial charge in [0.2, 0.25) is 0 Å². The van der Waals surface area contributed by atoms with Crippen molar-refractivity contribution in [3.8, 4) is 0 Å². The van der Waals surface area contributed by atoms with Crippen LogP contribution in [0, 0.1) is 0 Å². The molecule has 0 aliphatic heterocycles. The summed E-state index contributed by atoms with van der Waals surface area (Å²) in [6, 6.07) is 11.5. The number of aromatic nitrogens is 1. The summed E-state index contributed by atoms with van der Waals surface area (Å²) in [7, 11) is 1.82. The maximum Gasteiger partial charge on any atom is 0.255 e. The van der Waals surface area contributed by atoms with Crippen LogP contribution in [0.4, 0.5) is 0 Å². The van der Waals surface area contributed by atoms with Crippen molar-refractivity contribution >= 4 is 51.9 Å². The van der Waals surface area contributed by atoms with Crippen LogP contribution in [0.2, 0.25) is 4.34 Å². The van der Waals surface area contributed by atoms with Crippen molar-refractivity contribution in [1.29, 1.82) is 0 Å². The van der Waals surface area contributed by atoms with Gasteiger partial charge in [0.25, 0.3) is 5.91 Å². The predicted octanol–water partition coefficient (Wildman–Crippen LogP) is 5.42. The second-order valence-electron chi connectivity index (χ2n) is 5.13. The number of amides is 1. The molecule has 1 amide bonds. The van der Waals surface area contributed by atoms with Gasteiger partial charge in [0.05, 0.1) is 27.6 Å². The second-order valence-corrected chi connectivity index (χ2v) is 8.67. The van der Waals surface area contributed by atoms with Crippen LogP contribution in [0.15, 0.2) is 52.2 Å². The van der Waals surface area contributed by atoms with Crippen molar-refractivity contribution in [1.82, 2.24) is 9.88 Å². The van der Waals surface area contributed by atoms with Gasteiger partial charge in [-0.1, -0.05) is 23.7 Å². The minimum atomic E-state index is 0.0147. The van der Waals surface area contributed by atoms with E-state index in [0.29, 0.717) is 6.54 Å². The van der Waals surface area contributed by atoms with Crippen molar-refractivity contribution in [2.24, 2.45) is 0 Å². The molecular formula is C17H15ClN2OS3. The lowest BCUT2D eigenvalue weighted by Crippen LogP contribution is -2.26. The molecule has 0 fully saturated rings. The zero-order chi connectivity index (χ0) is 16.9. The smallest absolute Gasteiger partial charge is 0.255 e. The second kappa shape index (κ2) is 8.16. The highest BCUT2D eigenvalue weighted by Gasteiger charge is 2.17. The van der Waals surface area contributed by atoms with Crippen molar-refractivity contribution in [2.45, 2.75) is 17.2 Å². The van der Waals surface area contributed by atoms with Crippen LogP contribution in [0.25, 0.3) is 0 Å². The van der Waals surface area contributed by atoms with Crippen molar-refractivity contribution < 1.29 is 4.79 Å². The highest BCUT2D eigenvalue weighted by molar-refractivity contribution is 7.98. The third kappa shape index (κ3) is 4.39. The number of nitrogens with zero attached hydrogens (tertiary/aromatic N) is 2. The lowest BCUT2D eigenvalue weighted by molar-refractivity contribution is 0.0783. The number of rotatable bonds is 6. The highest BCUT2D eigenvalue weighted by atomic mass is 35.5. The maximum atomic E-state index is 12.8. The summed E-state index contributed by atoms with van der Waals surface area (Å²) in [4.78, 5) is 20.9. The van der Waals surface area contributed by atoms with Gasteiger partial charge in [-0.3, -0.25) is 4.79 Å². The molecule has 0 atom stereocenters. The number of hydrogen-bond acceptors (Lipinski definition) is 5. The number of benzene rings is 1. The average molecular weight is 395 g/mol. The first kappa shape index (κ1) is 17.5. The first-order chi connectivity index (χ1) is 11.6. The number of thioether (sulfide) groups is 1. The predicted molar refractivity (Wildman–Crippen MR) is 103 cm³/mol. The van der Waals surface area contributed by atoms with Crippen molar-refractivity contribution in [3.63, 3.8) is 0 Å². The number of carbonyl (C=O) groups excluding carboxylic acids is 1. The minimum absolute atomic E-state index is 0.0147. The number of thiazole rings is 1. The molecule has 2 aromatic heterocycles. The molecule has 0 saturated carbocycles. The molecule has 0 N–H and O–H groups in total. The van der Waals surface area contributed by atoms with Gasteiger partial charge in [-0.05, 0) is 24.3 Å². The Morgan fingerprint density at radius 3 is 2.83 bits per heavy atom. The number of halogens is 1. The van der Waals surface area contributed by atoms with E-state index in [-0.39, 0.29) is 5.91 Å². The van der Waals surface area contributed by atoms with Crippen molar-refractivity contribution in [2.75, 3.05) is 7.05 Å². The van der Waals surface area contributed by atoms with Gasteiger partial charge in [0, 0.05) is 28.0 Å². The lowest BCUT2D eigenvalue weighted by atomic mass is 10.2. The summed E-state index contributed by atoms with van der Waals surface area (Å²) in [5.41, 5.74) is 3.59. The largest absolute Gasteiger partial charge is 0.337 e. The Bertz CT molecular complexity index is 817. The van der Waals surface area contributed by atoms with Crippen LogP contribution in [0.1, 0.15) is 20.9 Å². The third-order valence-corrected chi connectivity index (χ3v) is 6.30. The van der Waals surface area contributed by atoms with Gasteiger partial charge in [-0.2, -0.15) is 0 Å². The van der Waals surface area contributed by atoms with E-state index in [0.717, 1.165) is 31.1 Å². The molecule has 24 heavy (non-hydrogen) atoms. The zero-order valence-electron chi connectivity index (χ0n) is 12.9. The quantitative estimate of drug-likeness (QED) is 0.523. The van der Waals surface area contributed by atoms with Crippen LogP contribution in [0.3, 0.4) is 0 Å². The molecular weight excluding hydrogens is 380 g/mol. The Balaban J connectivity index is 1.71. The van der Waals surface area contributed by atoms with Gasteiger partial charge in [0.1, 0.15) is 0 Å². The summed E-state index contributed by atoms with van der Waals surface area (Å²) in [5, 5.41) is 2.03. The minimum Gasteiger partial charge on any atom is -0.337 e. The van der Waals surface area contributed by atoms with E-state index < -0.39 is 0 Å². The van der Waals surface area contributed by atoms with Crippen LogP contribution >= 0.6 is 46.0 Å². The molecule has 3 aromatic rings. The zero-order valence-corrected chi connectivity index (χ0v) is 16.1. The molecule has 0 unspecified atom stereocenters. The van der Waals surface area contributed by atoms with Gasteiger partial charge in [0.15, 0.2) is 0 Å². The van der Waals surface area contributed by atoms with Gasteiger partial charge in [-0.25, -0.2) is 4.98 Å². The van der Waals surface area contributed by atoms with Gasteiger partial charge in [-0.15, -0.1) is 34.4 Å². The first-order valence-corrected chi connectivity index (χ1v) is 10.3. The van der Waals surface area contributed by atoms with E-state index in [1.165, 1.54) is 11.3 Å². The fourth-order valence-electron chi connectivity index (χ4n) is 2.18. The van der Waals surface area contributed by atoms with Crippen LogP contribution in [-0.4, -0.2) is 22.8 Å². The van der Waals surface area contributed by atoms with E-state index in [1.54, 1.807) is 28.0 Å². The molecule has 124 valence electrons. The van der Waals surface area contributed by atoms with Crippen LogP contribution in [0.5, 0.6) is 0 Å². The van der Waals surface area contributed by atoms with Crippen LogP contribution in [-0.2, 0) is 12.3 Å². The first-order valence-electron chi connectivity index (χ1n) is 7.22. The fraction of sp³-hybridized carbons (Fsp3) is 0.176. The summed E-state index contributed by atoms with van der Waals surface area (Å²) in [6.07, 6.45) is 0. The molecule has 3 nitrogen and oxygen atoms in total. The summed E-state index contributed by atoms with van der Waals surface area (Å²) in [6.45, 7) is 0.557. The topological polar surface area (TPSA) is 33.2 Å². The van der Waals surface area contributed by atoms with E-state index >= 15 is 0 Å². The molecule has 0 saturated heterocycles. The molecule has 0 radical (unpaired) electrons. The van der Waals surface area contributed by atoms with E-state index in [2.05, 4.69) is 4.98 Å². The molecule has 0 bridgehead atoms. The summed E-state index contributed by atoms with van der Waals surface area (Å²) >= 11 is 10.7. The molecule has 1 aromatic carbocycles. The number of hydrogen-bond donors (Lipinski definition) is 0. The number of carbonyl (C=O) groups is 1. The van der Waals surface area contributed by atoms with E-state index in [9.17, 15) is 4.79 Å². The normalized spacial score (nSPS) is 10.8. The Morgan fingerprint density at radius 2 is 2.12 bits per heavy atom. The molecule has 0 aliphatic rings. The molecule has 3 rings (SSSR count). The van der Waals surface area contributed by atoms with Gasteiger partial charge < -0.3 is 4.90 Å². The monoisotopic (exact) mass is 394 g/mol. The Kier molecular flexibility index (Phi) is 5.94. The Hall–Kier alpha value is -1.34. The van der Waals surface area contributed by atoms with Crippen LogP contribution < -0.4 is 0 Å². The third-order valence-electron chi connectivity index (χ3n) is 3.35. The summed E-state index contributed by atoms with van der Waals surface area (Å²) < 4.78 is 0.741. The lowest BCUT2D eigenvalue weighted by Gasteiger charge is -2.18. The van der Waals surface area contributed by atoms with E-state index in [1.807, 2.05) is 54.3 Å². The fourth-order valence-corrected chi connectivity index (χ4v) is 4.93. The molecule has 0 spiro atoms. The number of thiophene rings is 1.